The number of carboxylic acid groups (broad SMARTS) is 1. The highest BCUT2D eigenvalue weighted by atomic mass is 16.5. The molecule has 3 N–H and O–H groups in total. The molecule has 12 heteroatoms. The molecule has 0 radical (unpaired) electrons. The van der Waals surface area contributed by atoms with Gasteiger partial charge in [-0.2, -0.15) is 9.58 Å². The van der Waals surface area contributed by atoms with Gasteiger partial charge in [0.2, 0.25) is 5.91 Å². The van der Waals surface area contributed by atoms with Gasteiger partial charge in [0.1, 0.15) is 18.7 Å². The molecule has 2 aromatic rings. The van der Waals surface area contributed by atoms with E-state index in [0.717, 1.165) is 11.1 Å². The second-order valence-electron chi connectivity index (χ2n) is 6.91. The Labute approximate surface area is 200 Å². The van der Waals surface area contributed by atoms with E-state index >= 15 is 0 Å². The number of carbonyl (C=O) groups is 4. The minimum atomic E-state index is -1.16. The molecule has 0 saturated heterocycles. The third-order valence-electron chi connectivity index (χ3n) is 4.20. The molecule has 0 aromatic heterocycles. The lowest BCUT2D eigenvalue weighted by molar-refractivity contribution is -0.141. The summed E-state index contributed by atoms with van der Waals surface area (Å²) in [5, 5.41) is 13.9. The van der Waals surface area contributed by atoms with Crippen molar-refractivity contribution in [3.63, 3.8) is 0 Å². The number of carbonyl (C=O) groups excluding carboxylic acids is 3. The van der Waals surface area contributed by atoms with Gasteiger partial charge in [0, 0.05) is 6.42 Å². The molecule has 0 bridgehead atoms. The average molecular weight is 480 g/mol. The number of rotatable bonds is 10. The molecule has 0 fully saturated rings. The Morgan fingerprint density at radius 1 is 0.914 bits per heavy atom. The van der Waals surface area contributed by atoms with Crippen molar-refractivity contribution >= 4 is 36.2 Å². The molecule has 0 heterocycles. The summed E-state index contributed by atoms with van der Waals surface area (Å²) in [4.78, 5) is 50.3. The summed E-state index contributed by atoms with van der Waals surface area (Å²) in [5.74, 6) is -2.42. The van der Waals surface area contributed by atoms with Crippen LogP contribution in [0, 0.1) is 0 Å². The Morgan fingerprint density at radius 3 is 1.91 bits per heavy atom. The first-order valence-corrected chi connectivity index (χ1v) is 10.2. The quantitative estimate of drug-likeness (QED) is 0.260. The number of ether oxygens (including phenoxy) is 1. The Balaban J connectivity index is 0.000000658. The number of hydrogen-bond acceptors (Lipinski definition) is 5. The summed E-state index contributed by atoms with van der Waals surface area (Å²) in [6.45, 7) is 1.42. The van der Waals surface area contributed by atoms with E-state index in [-0.39, 0.29) is 13.0 Å². The molecule has 2 aromatic carbocycles. The maximum absolute atomic E-state index is 12.4. The zero-order valence-electron chi connectivity index (χ0n) is 18.8. The third kappa shape index (κ3) is 12.0. The van der Waals surface area contributed by atoms with Crippen LogP contribution in [-0.2, 0) is 32.1 Å². The van der Waals surface area contributed by atoms with Crippen molar-refractivity contribution in [3.05, 3.63) is 82.9 Å². The first-order chi connectivity index (χ1) is 16.8. The molecule has 0 saturated carbocycles. The van der Waals surface area contributed by atoms with Crippen molar-refractivity contribution in [1.29, 1.82) is 0 Å². The normalized spacial score (nSPS) is 11.0. The predicted molar refractivity (Wildman–Crippen MR) is 123 cm³/mol. The zero-order valence-corrected chi connectivity index (χ0v) is 18.8. The third-order valence-corrected chi connectivity index (χ3v) is 4.20. The van der Waals surface area contributed by atoms with Crippen LogP contribution in [-0.4, -0.2) is 63.0 Å². The summed E-state index contributed by atoms with van der Waals surface area (Å²) in [6, 6.07) is 16.2. The molecular weight excluding hydrogens is 456 g/mol. The number of amides is 2. The van der Waals surface area contributed by atoms with E-state index in [9.17, 15) is 19.2 Å². The van der Waals surface area contributed by atoms with E-state index in [0.29, 0.717) is 12.4 Å². The number of benzene rings is 2. The zero-order chi connectivity index (χ0) is 26.1. The lowest BCUT2D eigenvalue weighted by Crippen LogP contribution is -2.51. The van der Waals surface area contributed by atoms with Crippen molar-refractivity contribution in [2.45, 2.75) is 32.0 Å². The van der Waals surface area contributed by atoms with Crippen LogP contribution >= 0.6 is 0 Å². The van der Waals surface area contributed by atoms with Gasteiger partial charge < -0.3 is 31.5 Å². The molecule has 0 aliphatic heterocycles. The van der Waals surface area contributed by atoms with Gasteiger partial charge in [0.05, 0.1) is 0 Å². The molecule has 0 aliphatic rings. The van der Waals surface area contributed by atoms with Crippen molar-refractivity contribution in [1.82, 2.24) is 10.6 Å². The molecular formula is C23H24N6O6. The number of alkyl carbamates (subject to hydrolysis) is 1. The van der Waals surface area contributed by atoms with E-state index in [1.165, 1.54) is 6.92 Å². The van der Waals surface area contributed by atoms with Crippen LogP contribution in [0.2, 0.25) is 0 Å². The van der Waals surface area contributed by atoms with E-state index in [1.54, 1.807) is 0 Å². The lowest BCUT2D eigenvalue weighted by atomic mass is 10.1. The smallest absolute Gasteiger partial charge is 0.408 e. The second-order valence-corrected chi connectivity index (χ2v) is 6.91. The SMILES string of the molecule is C[C@H](NC(=O)[C@H](Cc1ccccc1)NC(=O)OCc1ccccc1)C(=O)O.[N-]=[N+]=CC(=O)C=[N+]=[N-]. The number of carboxylic acids is 1. The number of aliphatic carboxylic acids is 1. The number of nitrogens with zero attached hydrogens (tertiary/aromatic N) is 4. The number of ketones is 1. The maximum atomic E-state index is 12.4. The highest BCUT2D eigenvalue weighted by molar-refractivity contribution is 6.50. The summed E-state index contributed by atoms with van der Waals surface area (Å²) >= 11 is 0. The van der Waals surface area contributed by atoms with Gasteiger partial charge in [-0.3, -0.25) is 14.4 Å². The summed E-state index contributed by atoms with van der Waals surface area (Å²) < 4.78 is 5.15. The standard InChI is InChI=1S/C20H22N2O5.C3H2N4O/c1-14(19(24)25)21-18(23)17(12-15-8-4-2-5-9-15)22-20(26)27-13-16-10-6-3-7-11-16;4-6-1-3(8)2-7-5/h2-11,14,17H,12-13H2,1H3,(H,21,23)(H,22,26)(H,24,25);1-2H/t14-,17-;/m0./s1. The van der Waals surface area contributed by atoms with Crippen LogP contribution in [0.15, 0.2) is 60.7 Å². The van der Waals surface area contributed by atoms with Crippen LogP contribution in [0.1, 0.15) is 18.1 Å². The average Bonchev–Trinajstić information content (AvgIpc) is 2.84. The molecule has 0 aliphatic carbocycles. The van der Waals surface area contributed by atoms with E-state index in [1.807, 2.05) is 60.7 Å². The van der Waals surface area contributed by atoms with Crippen LogP contribution in [0.3, 0.4) is 0 Å². The second kappa shape index (κ2) is 15.8. The van der Waals surface area contributed by atoms with Crippen molar-refractivity contribution in [3.8, 4) is 0 Å². The summed E-state index contributed by atoms with van der Waals surface area (Å²) in [5.41, 5.74) is 17.0. The lowest BCUT2D eigenvalue weighted by Gasteiger charge is -2.20. The fourth-order valence-electron chi connectivity index (χ4n) is 2.49. The fourth-order valence-corrected chi connectivity index (χ4v) is 2.49. The fraction of sp³-hybridized carbons (Fsp3) is 0.217. The maximum Gasteiger partial charge on any atom is 0.408 e. The van der Waals surface area contributed by atoms with Gasteiger partial charge in [-0.25, -0.2) is 4.79 Å². The van der Waals surface area contributed by atoms with E-state index < -0.39 is 35.8 Å². The highest BCUT2D eigenvalue weighted by Crippen LogP contribution is 2.06. The van der Waals surface area contributed by atoms with Gasteiger partial charge in [-0.05, 0) is 18.1 Å². The Bertz CT molecular complexity index is 1080. The molecule has 35 heavy (non-hydrogen) atoms. The molecule has 2 amide bonds. The molecule has 12 nitrogen and oxygen atoms in total. The summed E-state index contributed by atoms with van der Waals surface area (Å²) in [7, 11) is 0. The van der Waals surface area contributed by atoms with Crippen molar-refractivity contribution in [2.24, 2.45) is 0 Å². The molecule has 2 rings (SSSR count). The van der Waals surface area contributed by atoms with Crippen molar-refractivity contribution in [2.75, 3.05) is 0 Å². The molecule has 0 unspecified atom stereocenters. The van der Waals surface area contributed by atoms with E-state index in [4.69, 9.17) is 20.9 Å². The first kappa shape index (κ1) is 28.1. The summed E-state index contributed by atoms with van der Waals surface area (Å²) in [6.07, 6.45) is 0.678. The highest BCUT2D eigenvalue weighted by Gasteiger charge is 2.25. The van der Waals surface area contributed by atoms with Gasteiger partial charge >= 0.3 is 30.3 Å². The Hall–Kier alpha value is -4.92. The van der Waals surface area contributed by atoms with Crippen LogP contribution < -0.4 is 10.6 Å². The van der Waals surface area contributed by atoms with Crippen LogP contribution in [0.5, 0.6) is 0 Å². The van der Waals surface area contributed by atoms with Crippen LogP contribution in [0.25, 0.3) is 11.1 Å². The largest absolute Gasteiger partial charge is 0.480 e. The number of hydrogen-bond donors (Lipinski definition) is 3. The minimum Gasteiger partial charge on any atom is -0.480 e. The van der Waals surface area contributed by atoms with Gasteiger partial charge in [0.15, 0.2) is 0 Å². The van der Waals surface area contributed by atoms with Gasteiger partial charge in [-0.1, -0.05) is 60.7 Å². The molecule has 2 atom stereocenters. The monoisotopic (exact) mass is 480 g/mol. The van der Waals surface area contributed by atoms with Crippen LogP contribution in [0.4, 0.5) is 4.79 Å². The molecule has 182 valence electrons. The van der Waals surface area contributed by atoms with Gasteiger partial charge in [-0.15, -0.1) is 0 Å². The number of Topliss-reactive ketones (excluding diaryl/α,β-unsaturated/α-hetero) is 1. The molecule has 0 spiro atoms. The predicted octanol–water partition coefficient (Wildman–Crippen LogP) is 1.27. The van der Waals surface area contributed by atoms with Crippen molar-refractivity contribution < 1.29 is 38.6 Å². The topological polar surface area (TPSA) is 195 Å². The first-order valence-electron chi connectivity index (χ1n) is 10.2. The van der Waals surface area contributed by atoms with Gasteiger partial charge in [0.25, 0.3) is 0 Å². The Morgan fingerprint density at radius 2 is 1.43 bits per heavy atom. The van der Waals surface area contributed by atoms with E-state index in [2.05, 4.69) is 20.2 Å². The minimum absolute atomic E-state index is 0.0673. The Kier molecular flexibility index (Phi) is 12.7. The number of nitrogens with one attached hydrogen (secondary N) is 2.